The maximum absolute atomic E-state index is 14.9. The fraction of sp³-hybridized carbons (Fsp3) is 0.360. The van der Waals surface area contributed by atoms with Crippen LogP contribution in [0.3, 0.4) is 0 Å². The minimum atomic E-state index is -1.74. The average molecular weight is 518 g/mol. The van der Waals surface area contributed by atoms with E-state index in [4.69, 9.17) is 5.73 Å². The fourth-order valence-corrected chi connectivity index (χ4v) is 6.72. The van der Waals surface area contributed by atoms with Crippen molar-refractivity contribution >= 4 is 35.6 Å². The Morgan fingerprint density at radius 3 is 2.60 bits per heavy atom. The number of rotatable bonds is 7. The number of pyridine rings is 1. The Labute approximate surface area is 209 Å². The van der Waals surface area contributed by atoms with Gasteiger partial charge in [-0.15, -0.1) is 11.3 Å². The molecule has 1 radical (unpaired) electrons. The predicted molar refractivity (Wildman–Crippen MR) is 141 cm³/mol. The molecule has 0 bridgehead atoms. The monoisotopic (exact) mass is 517 g/mol. The number of anilines is 2. The van der Waals surface area contributed by atoms with E-state index in [-0.39, 0.29) is 5.56 Å². The van der Waals surface area contributed by atoms with Crippen LogP contribution < -0.4 is 11.1 Å². The summed E-state index contributed by atoms with van der Waals surface area (Å²) in [6, 6.07) is 11.8. The van der Waals surface area contributed by atoms with Crippen LogP contribution in [0.2, 0.25) is 0 Å². The summed E-state index contributed by atoms with van der Waals surface area (Å²) in [6.07, 6.45) is 1.66. The first-order valence-electron chi connectivity index (χ1n) is 11.4. The van der Waals surface area contributed by atoms with Gasteiger partial charge in [-0.3, -0.25) is 9.69 Å². The predicted octanol–water partition coefficient (Wildman–Crippen LogP) is 4.39. The molecule has 2 aromatic heterocycles. The van der Waals surface area contributed by atoms with Crippen molar-refractivity contribution < 1.29 is 19.2 Å². The molecule has 1 fully saturated rings. The van der Waals surface area contributed by atoms with Crippen LogP contribution in [0.5, 0.6) is 0 Å². The second kappa shape index (κ2) is 9.91. The number of carbonyl (C=O) groups excluding carboxylic acids is 1. The summed E-state index contributed by atoms with van der Waals surface area (Å²) in [4.78, 5) is 29.9. The van der Waals surface area contributed by atoms with Gasteiger partial charge < -0.3 is 21.1 Å². The molecule has 0 aliphatic carbocycles. The van der Waals surface area contributed by atoms with Gasteiger partial charge in [0.1, 0.15) is 16.6 Å². The quantitative estimate of drug-likeness (QED) is 0.346. The zero-order chi connectivity index (χ0) is 25.4. The van der Waals surface area contributed by atoms with Crippen LogP contribution in [0.25, 0.3) is 10.4 Å². The molecule has 0 spiro atoms. The molecule has 1 amide bonds. The van der Waals surface area contributed by atoms with Crippen LogP contribution >= 0.6 is 18.8 Å². The van der Waals surface area contributed by atoms with Gasteiger partial charge in [0.2, 0.25) is 0 Å². The van der Waals surface area contributed by atoms with Gasteiger partial charge in [-0.2, -0.15) is 0 Å². The minimum absolute atomic E-state index is 0.255. The Kier molecular flexibility index (Phi) is 7.27. The number of benzene rings is 1. The normalized spacial score (nSPS) is 16.3. The lowest BCUT2D eigenvalue weighted by molar-refractivity contribution is 0.0782. The number of primary amides is 1. The number of hydrogen-bond acceptors (Lipinski definition) is 7. The Bertz CT molecular complexity index is 1230. The van der Waals surface area contributed by atoms with Crippen LogP contribution in [-0.4, -0.2) is 57.9 Å². The van der Waals surface area contributed by atoms with Crippen molar-refractivity contribution in [2.45, 2.75) is 26.0 Å². The molecule has 1 saturated heterocycles. The molecule has 7 nitrogen and oxygen atoms in total. The van der Waals surface area contributed by atoms with Crippen molar-refractivity contribution in [3.8, 4) is 10.4 Å². The Morgan fingerprint density at radius 2 is 1.97 bits per heavy atom. The molecular formula is C25H31FN4O3PS. The molecule has 0 unspecified atom stereocenters. The van der Waals surface area contributed by atoms with E-state index < -0.39 is 24.8 Å². The smallest absolute Gasteiger partial charge is 0.251 e. The average Bonchev–Trinajstić information content (AvgIpc) is 3.18. The lowest BCUT2D eigenvalue weighted by Crippen LogP contribution is -2.36. The zero-order valence-corrected chi connectivity index (χ0v) is 21.8. The third-order valence-electron chi connectivity index (χ3n) is 6.17. The van der Waals surface area contributed by atoms with Gasteiger partial charge in [-0.1, -0.05) is 18.2 Å². The van der Waals surface area contributed by atoms with E-state index in [1.165, 1.54) is 17.4 Å². The molecule has 1 aromatic carbocycles. The van der Waals surface area contributed by atoms with Gasteiger partial charge in [0.15, 0.2) is 0 Å². The molecule has 187 valence electrons. The Morgan fingerprint density at radius 1 is 1.26 bits per heavy atom. The van der Waals surface area contributed by atoms with Crippen molar-refractivity contribution in [1.82, 2.24) is 9.88 Å². The number of aliphatic hydroxyl groups is 1. The van der Waals surface area contributed by atoms with E-state index in [9.17, 15) is 19.2 Å². The number of nitrogens with zero attached hydrogens (tertiary/aromatic N) is 2. The number of amides is 1. The molecule has 5 N–H and O–H groups in total. The van der Waals surface area contributed by atoms with E-state index in [2.05, 4.69) is 15.2 Å². The topological polar surface area (TPSA) is 112 Å². The second-order valence-corrected chi connectivity index (χ2v) is 14.3. The van der Waals surface area contributed by atoms with Crippen LogP contribution in [0.15, 0.2) is 42.5 Å². The number of aromatic nitrogens is 1. The number of thiophene rings is 1. The lowest BCUT2D eigenvalue weighted by atomic mass is 9.96. The van der Waals surface area contributed by atoms with Crippen LogP contribution in [0.1, 0.15) is 35.5 Å². The van der Waals surface area contributed by atoms with Crippen molar-refractivity contribution in [1.29, 1.82) is 0 Å². The molecular weight excluding hydrogens is 486 g/mol. The zero-order valence-electron chi connectivity index (χ0n) is 20.1. The van der Waals surface area contributed by atoms with Gasteiger partial charge in [0, 0.05) is 30.1 Å². The van der Waals surface area contributed by atoms with Crippen LogP contribution in [0, 0.1) is 5.82 Å². The van der Waals surface area contributed by atoms with E-state index >= 15 is 0 Å². The maximum atomic E-state index is 14.9. The lowest BCUT2D eigenvalue weighted by Gasteiger charge is -2.36. The maximum Gasteiger partial charge on any atom is 0.251 e. The SMILES string of the molecule is CC(C)(O)c1ccc(-c2cc(C(N)=O)c(Nc3cccc(CN4CC[P](C)(O)CC4)n3)s2)c(F)c1. The first-order valence-corrected chi connectivity index (χ1v) is 14.8. The summed E-state index contributed by atoms with van der Waals surface area (Å²) in [5, 5.41) is 13.8. The molecule has 3 heterocycles. The van der Waals surface area contributed by atoms with Crippen molar-refractivity contribution in [3.63, 3.8) is 0 Å². The summed E-state index contributed by atoms with van der Waals surface area (Å²) in [6.45, 7) is 7.53. The van der Waals surface area contributed by atoms with Crippen molar-refractivity contribution in [2.75, 3.05) is 37.4 Å². The molecule has 1 aliphatic heterocycles. The summed E-state index contributed by atoms with van der Waals surface area (Å²) in [7, 11) is -1.74. The summed E-state index contributed by atoms with van der Waals surface area (Å²) < 4.78 is 14.9. The number of halogens is 1. The third kappa shape index (κ3) is 6.23. The van der Waals surface area contributed by atoms with E-state index in [0.717, 1.165) is 31.1 Å². The molecule has 4 rings (SSSR count). The first-order chi connectivity index (χ1) is 16.4. The summed E-state index contributed by atoms with van der Waals surface area (Å²) in [5.74, 6) is -0.548. The highest BCUT2D eigenvalue weighted by atomic mass is 32.1. The number of carbonyl (C=O) groups is 1. The van der Waals surface area contributed by atoms with Gasteiger partial charge in [-0.25, -0.2) is 9.37 Å². The highest BCUT2D eigenvalue weighted by Gasteiger charge is 2.26. The van der Waals surface area contributed by atoms with E-state index in [0.29, 0.717) is 33.4 Å². The Balaban J connectivity index is 1.55. The summed E-state index contributed by atoms with van der Waals surface area (Å²) in [5.41, 5.74) is 6.36. The van der Waals surface area contributed by atoms with Crippen LogP contribution in [0.4, 0.5) is 15.2 Å². The van der Waals surface area contributed by atoms with E-state index in [1.807, 2.05) is 18.8 Å². The molecule has 10 heteroatoms. The number of nitrogens with one attached hydrogen (secondary N) is 1. The van der Waals surface area contributed by atoms with Gasteiger partial charge in [0.25, 0.3) is 5.91 Å². The number of hydrogen-bond donors (Lipinski definition) is 4. The van der Waals surface area contributed by atoms with Gasteiger partial charge in [-0.05, 0) is 70.2 Å². The molecule has 3 aromatic rings. The minimum Gasteiger partial charge on any atom is -0.386 e. The summed E-state index contributed by atoms with van der Waals surface area (Å²) >= 11 is 1.22. The van der Waals surface area contributed by atoms with Gasteiger partial charge in [0.05, 0.1) is 16.9 Å². The van der Waals surface area contributed by atoms with Gasteiger partial charge >= 0.3 is 0 Å². The molecule has 0 saturated carbocycles. The fourth-order valence-electron chi connectivity index (χ4n) is 3.97. The largest absolute Gasteiger partial charge is 0.386 e. The standard InChI is InChI=1S/C25H31FN4O3PS/c1-25(2,32)16-7-8-18(20(26)13-16)21-14-19(23(27)31)24(35-21)29-22-6-4-5-17(28-22)15-30-9-11-34(3,33)12-10-30/h4-8,13-14,32-33H,9-12,15H2,1-3H3,(H2,27,31)(H,28,29). The second-order valence-electron chi connectivity index (χ2n) is 9.67. The third-order valence-corrected chi connectivity index (χ3v) is 9.58. The van der Waals surface area contributed by atoms with Crippen molar-refractivity contribution in [3.05, 3.63) is 65.1 Å². The first kappa shape index (κ1) is 25.7. The molecule has 0 atom stereocenters. The highest BCUT2D eigenvalue weighted by Crippen LogP contribution is 2.51. The van der Waals surface area contributed by atoms with Crippen LogP contribution in [-0.2, 0) is 12.1 Å². The van der Waals surface area contributed by atoms with Crippen molar-refractivity contribution in [2.24, 2.45) is 5.73 Å². The molecule has 1 aliphatic rings. The molecule has 35 heavy (non-hydrogen) atoms. The highest BCUT2D eigenvalue weighted by molar-refractivity contribution is 7.69. The Hall–Kier alpha value is -2.42. The van der Waals surface area contributed by atoms with E-state index in [1.54, 1.807) is 38.1 Å². The number of nitrogens with two attached hydrogens (primary N) is 1.